The van der Waals surface area contributed by atoms with Crippen LogP contribution in [0, 0.1) is 0 Å². The molecule has 0 saturated heterocycles. The summed E-state index contributed by atoms with van der Waals surface area (Å²) in [4.78, 5) is 0. The highest BCUT2D eigenvalue weighted by molar-refractivity contribution is 6.31. The number of halogens is 1. The summed E-state index contributed by atoms with van der Waals surface area (Å²) < 4.78 is 10.5. The van der Waals surface area contributed by atoms with Crippen molar-refractivity contribution in [3.63, 3.8) is 0 Å². The molecule has 0 saturated carbocycles. The van der Waals surface area contributed by atoms with Crippen LogP contribution < -0.4 is 15.2 Å². The van der Waals surface area contributed by atoms with E-state index in [1.807, 2.05) is 0 Å². The van der Waals surface area contributed by atoms with Crippen LogP contribution in [0.15, 0.2) is 12.1 Å². The van der Waals surface area contributed by atoms with E-state index in [2.05, 4.69) is 0 Å². The van der Waals surface area contributed by atoms with Gasteiger partial charge in [0.15, 0.2) is 11.5 Å². The number of ether oxygens (including phenoxy) is 2. The van der Waals surface area contributed by atoms with E-state index < -0.39 is 0 Å². The molecule has 1 atom stereocenters. The SMILES string of the molecule is NC(CCO)c1c(Cl)ccc2c1OCO2. The molecule has 0 aromatic heterocycles. The minimum atomic E-state index is -0.334. The first-order chi connectivity index (χ1) is 7.24. The summed E-state index contributed by atoms with van der Waals surface area (Å²) in [6.07, 6.45) is 0.444. The van der Waals surface area contributed by atoms with E-state index in [4.69, 9.17) is 31.9 Å². The lowest BCUT2D eigenvalue weighted by Crippen LogP contribution is -2.13. The third kappa shape index (κ3) is 1.88. The van der Waals surface area contributed by atoms with E-state index >= 15 is 0 Å². The number of aliphatic hydroxyl groups is 1. The fourth-order valence-corrected chi connectivity index (χ4v) is 1.89. The van der Waals surface area contributed by atoms with Crippen LogP contribution in [0.1, 0.15) is 18.0 Å². The molecule has 0 amide bonds. The van der Waals surface area contributed by atoms with Crippen molar-refractivity contribution in [1.29, 1.82) is 0 Å². The Morgan fingerprint density at radius 3 is 3.00 bits per heavy atom. The lowest BCUT2D eigenvalue weighted by molar-refractivity contribution is 0.172. The number of benzene rings is 1. The molecule has 15 heavy (non-hydrogen) atoms. The summed E-state index contributed by atoms with van der Waals surface area (Å²) in [7, 11) is 0. The maximum Gasteiger partial charge on any atom is 0.231 e. The highest BCUT2D eigenvalue weighted by atomic mass is 35.5. The quantitative estimate of drug-likeness (QED) is 0.824. The predicted molar refractivity (Wildman–Crippen MR) is 56.2 cm³/mol. The van der Waals surface area contributed by atoms with Gasteiger partial charge in [-0.05, 0) is 18.6 Å². The monoisotopic (exact) mass is 229 g/mol. The van der Waals surface area contributed by atoms with E-state index in [1.54, 1.807) is 12.1 Å². The summed E-state index contributed by atoms with van der Waals surface area (Å²) in [5, 5.41) is 9.38. The Hall–Kier alpha value is -0.970. The minimum Gasteiger partial charge on any atom is -0.454 e. The number of nitrogens with two attached hydrogens (primary N) is 1. The van der Waals surface area contributed by atoms with Gasteiger partial charge in [0.05, 0.1) is 0 Å². The third-order valence-corrected chi connectivity index (χ3v) is 2.66. The molecule has 1 aromatic carbocycles. The molecule has 0 aliphatic carbocycles. The van der Waals surface area contributed by atoms with Gasteiger partial charge in [-0.25, -0.2) is 0 Å². The van der Waals surface area contributed by atoms with Gasteiger partial charge in [-0.1, -0.05) is 11.6 Å². The Kier molecular flexibility index (Phi) is 3.00. The molecule has 1 unspecified atom stereocenters. The second kappa shape index (κ2) is 4.26. The van der Waals surface area contributed by atoms with Gasteiger partial charge in [0.25, 0.3) is 0 Å². The summed E-state index contributed by atoms with van der Waals surface area (Å²) >= 11 is 6.04. The van der Waals surface area contributed by atoms with Crippen molar-refractivity contribution in [3.8, 4) is 11.5 Å². The Morgan fingerprint density at radius 2 is 2.27 bits per heavy atom. The highest BCUT2D eigenvalue weighted by Gasteiger charge is 2.23. The van der Waals surface area contributed by atoms with Gasteiger partial charge in [-0.3, -0.25) is 0 Å². The zero-order valence-electron chi connectivity index (χ0n) is 8.07. The molecular weight excluding hydrogens is 218 g/mol. The molecule has 0 bridgehead atoms. The van der Waals surface area contributed by atoms with Crippen LogP contribution in [0.3, 0.4) is 0 Å². The van der Waals surface area contributed by atoms with Crippen LogP contribution in [0.5, 0.6) is 11.5 Å². The Morgan fingerprint density at radius 1 is 1.47 bits per heavy atom. The largest absolute Gasteiger partial charge is 0.454 e. The van der Waals surface area contributed by atoms with Gasteiger partial charge >= 0.3 is 0 Å². The average Bonchev–Trinajstić information content (AvgIpc) is 2.65. The molecule has 1 aromatic rings. The molecule has 5 heteroatoms. The Labute approximate surface area is 92.5 Å². The molecule has 1 aliphatic rings. The number of rotatable bonds is 3. The lowest BCUT2D eigenvalue weighted by Gasteiger charge is -2.14. The maximum atomic E-state index is 8.84. The zero-order valence-corrected chi connectivity index (χ0v) is 8.83. The van der Waals surface area contributed by atoms with E-state index in [1.165, 1.54) is 0 Å². The first-order valence-electron chi connectivity index (χ1n) is 4.68. The second-order valence-electron chi connectivity index (χ2n) is 3.31. The van der Waals surface area contributed by atoms with Crippen molar-refractivity contribution < 1.29 is 14.6 Å². The van der Waals surface area contributed by atoms with Crippen LogP contribution in [0.2, 0.25) is 5.02 Å². The number of hydrogen-bond donors (Lipinski definition) is 2. The summed E-state index contributed by atoms with van der Waals surface area (Å²) in [6, 6.07) is 3.14. The van der Waals surface area contributed by atoms with Crippen LogP contribution in [0.25, 0.3) is 0 Å². The standard InChI is InChI=1S/C10H12ClNO3/c11-6-1-2-8-10(15-5-14-8)9(6)7(12)3-4-13/h1-2,7,13H,3-5,12H2. The average molecular weight is 230 g/mol. The van der Waals surface area contributed by atoms with Gasteiger partial charge < -0.3 is 20.3 Å². The van der Waals surface area contributed by atoms with Gasteiger partial charge in [0, 0.05) is 23.2 Å². The smallest absolute Gasteiger partial charge is 0.231 e. The van der Waals surface area contributed by atoms with Crippen molar-refractivity contribution >= 4 is 11.6 Å². The molecule has 1 aliphatic heterocycles. The minimum absolute atomic E-state index is 0.0159. The summed E-state index contributed by atoms with van der Waals surface area (Å²) in [5.41, 5.74) is 6.61. The van der Waals surface area contributed by atoms with E-state index in [-0.39, 0.29) is 19.4 Å². The normalized spacial score (nSPS) is 15.4. The van der Waals surface area contributed by atoms with Crippen molar-refractivity contribution in [2.45, 2.75) is 12.5 Å². The predicted octanol–water partition coefficient (Wildman–Crippen LogP) is 1.45. The molecular formula is C10H12ClNO3. The Balaban J connectivity index is 2.40. The maximum absolute atomic E-state index is 8.84. The molecule has 0 spiro atoms. The van der Waals surface area contributed by atoms with Crippen LogP contribution in [-0.4, -0.2) is 18.5 Å². The lowest BCUT2D eigenvalue weighted by atomic mass is 10.0. The van der Waals surface area contributed by atoms with Crippen molar-refractivity contribution in [2.24, 2.45) is 5.73 Å². The second-order valence-corrected chi connectivity index (χ2v) is 3.72. The van der Waals surface area contributed by atoms with Crippen LogP contribution in [-0.2, 0) is 0 Å². The fourth-order valence-electron chi connectivity index (χ4n) is 1.60. The van der Waals surface area contributed by atoms with Crippen molar-refractivity contribution in [2.75, 3.05) is 13.4 Å². The van der Waals surface area contributed by atoms with E-state index in [9.17, 15) is 0 Å². The van der Waals surface area contributed by atoms with Gasteiger partial charge in [-0.15, -0.1) is 0 Å². The van der Waals surface area contributed by atoms with Gasteiger partial charge in [0.1, 0.15) is 0 Å². The molecule has 1 heterocycles. The van der Waals surface area contributed by atoms with Crippen molar-refractivity contribution in [3.05, 3.63) is 22.7 Å². The molecule has 0 fully saturated rings. The zero-order chi connectivity index (χ0) is 10.8. The van der Waals surface area contributed by atoms with E-state index in [0.717, 1.165) is 0 Å². The van der Waals surface area contributed by atoms with Gasteiger partial charge in [-0.2, -0.15) is 0 Å². The molecule has 0 radical (unpaired) electrons. The Bertz CT molecular complexity index is 370. The first kappa shape index (κ1) is 10.5. The van der Waals surface area contributed by atoms with Gasteiger partial charge in [0.2, 0.25) is 6.79 Å². The molecule has 82 valence electrons. The molecule has 2 rings (SSSR count). The first-order valence-corrected chi connectivity index (χ1v) is 5.06. The summed E-state index contributed by atoms with van der Waals surface area (Å²) in [6.45, 7) is 0.205. The van der Waals surface area contributed by atoms with Crippen molar-refractivity contribution in [1.82, 2.24) is 0 Å². The van der Waals surface area contributed by atoms with Crippen LogP contribution in [0.4, 0.5) is 0 Å². The fraction of sp³-hybridized carbons (Fsp3) is 0.400. The molecule has 3 N–H and O–H groups in total. The van der Waals surface area contributed by atoms with E-state index in [0.29, 0.717) is 28.5 Å². The number of aliphatic hydroxyl groups excluding tert-OH is 1. The highest BCUT2D eigenvalue weighted by Crippen LogP contribution is 2.42. The third-order valence-electron chi connectivity index (χ3n) is 2.34. The number of fused-ring (bicyclic) bond motifs is 1. The summed E-state index contributed by atoms with van der Waals surface area (Å²) in [5.74, 6) is 1.26. The van der Waals surface area contributed by atoms with Crippen LogP contribution >= 0.6 is 11.6 Å². The molecule has 4 nitrogen and oxygen atoms in total. The topological polar surface area (TPSA) is 64.7 Å². The number of hydrogen-bond acceptors (Lipinski definition) is 4.